The van der Waals surface area contributed by atoms with Crippen LogP contribution in [0.3, 0.4) is 0 Å². The largest absolute Gasteiger partial charge is 0.336 e. The predicted molar refractivity (Wildman–Crippen MR) is 92.7 cm³/mol. The molecule has 112 valence electrons. The van der Waals surface area contributed by atoms with Crippen LogP contribution in [-0.2, 0) is 0 Å². The highest BCUT2D eigenvalue weighted by atomic mass is 32.2. The van der Waals surface area contributed by atoms with Crippen molar-refractivity contribution < 1.29 is 0 Å². The number of pyridine rings is 1. The first-order valence-corrected chi connectivity index (χ1v) is 8.26. The number of anilines is 1. The number of nitrogens with one attached hydrogen (secondary N) is 1. The zero-order valence-electron chi connectivity index (χ0n) is 12.2. The van der Waals surface area contributed by atoms with Gasteiger partial charge in [0.15, 0.2) is 11.5 Å². The Morgan fingerprint density at radius 3 is 2.87 bits per heavy atom. The third-order valence-electron chi connectivity index (χ3n) is 3.69. The van der Waals surface area contributed by atoms with Crippen LogP contribution in [0.1, 0.15) is 5.82 Å². The van der Waals surface area contributed by atoms with Crippen molar-refractivity contribution >= 4 is 34.2 Å². The van der Waals surface area contributed by atoms with Gasteiger partial charge in [-0.25, -0.2) is 9.97 Å². The maximum absolute atomic E-state index is 9.70. The third kappa shape index (κ3) is 2.45. The molecule has 1 saturated heterocycles. The predicted octanol–water partition coefficient (Wildman–Crippen LogP) is 3.40. The number of allylic oxidation sites excluding steroid dienone is 1. The molecule has 1 aromatic carbocycles. The Hall–Kier alpha value is -2.78. The summed E-state index contributed by atoms with van der Waals surface area (Å²) in [5, 5.41) is 10.6. The van der Waals surface area contributed by atoms with Crippen LogP contribution in [0.25, 0.3) is 16.7 Å². The number of nitrogens with zero attached hydrogens (tertiary/aromatic N) is 4. The second-order valence-electron chi connectivity index (χ2n) is 5.09. The summed E-state index contributed by atoms with van der Waals surface area (Å²) in [6.45, 7) is 0.883. The minimum atomic E-state index is 0.564. The summed E-state index contributed by atoms with van der Waals surface area (Å²) in [5.41, 5.74) is 3.12. The molecule has 2 aromatic heterocycles. The van der Waals surface area contributed by atoms with Gasteiger partial charge in [0.25, 0.3) is 0 Å². The van der Waals surface area contributed by atoms with E-state index < -0.39 is 0 Å². The molecule has 0 aliphatic carbocycles. The van der Waals surface area contributed by atoms with Gasteiger partial charge in [0.05, 0.1) is 10.5 Å². The fourth-order valence-electron chi connectivity index (χ4n) is 2.64. The van der Waals surface area contributed by atoms with Gasteiger partial charge in [-0.05, 0) is 24.3 Å². The Bertz CT molecular complexity index is 890. The molecular formula is C17H13N5S. The summed E-state index contributed by atoms with van der Waals surface area (Å²) in [4.78, 5) is 14.1. The van der Waals surface area contributed by atoms with Crippen LogP contribution in [0, 0.1) is 11.3 Å². The zero-order valence-corrected chi connectivity index (χ0v) is 13.0. The van der Waals surface area contributed by atoms with Crippen molar-refractivity contribution in [2.45, 2.75) is 0 Å². The molecule has 4 rings (SSSR count). The number of benzene rings is 1. The van der Waals surface area contributed by atoms with E-state index in [2.05, 4.69) is 38.1 Å². The number of nitriles is 1. The second kappa shape index (κ2) is 5.78. The lowest BCUT2D eigenvalue weighted by molar-refractivity contribution is 1.05. The van der Waals surface area contributed by atoms with E-state index in [9.17, 15) is 5.26 Å². The highest BCUT2D eigenvalue weighted by Crippen LogP contribution is 2.37. The number of hydrogen-bond donors (Lipinski definition) is 1. The van der Waals surface area contributed by atoms with Crippen LogP contribution in [0.15, 0.2) is 53.7 Å². The molecule has 0 saturated carbocycles. The van der Waals surface area contributed by atoms with Crippen LogP contribution >= 0.6 is 11.8 Å². The van der Waals surface area contributed by atoms with Gasteiger partial charge in [-0.2, -0.15) is 5.26 Å². The molecule has 1 N–H and O–H groups in total. The number of rotatable bonds is 2. The molecule has 1 fully saturated rings. The van der Waals surface area contributed by atoms with E-state index in [1.165, 1.54) is 0 Å². The lowest BCUT2D eigenvalue weighted by Gasteiger charge is -2.19. The number of imidazole rings is 1. The molecule has 0 spiro atoms. The maximum Gasteiger partial charge on any atom is 0.178 e. The number of hydrogen-bond acceptors (Lipinski definition) is 5. The molecule has 1 aliphatic rings. The Morgan fingerprint density at radius 2 is 2.09 bits per heavy atom. The normalized spacial score (nSPS) is 16.6. The molecule has 3 heterocycles. The number of H-pyrrole nitrogens is 1. The van der Waals surface area contributed by atoms with Crippen LogP contribution in [0.5, 0.6) is 0 Å². The summed E-state index contributed by atoms with van der Waals surface area (Å²) in [5.74, 6) is 1.53. The van der Waals surface area contributed by atoms with Crippen molar-refractivity contribution in [1.29, 1.82) is 5.26 Å². The number of para-hydroxylation sites is 1. The third-order valence-corrected chi connectivity index (χ3v) is 4.77. The number of aromatic amines is 1. The lowest BCUT2D eigenvalue weighted by atomic mass is 10.2. The van der Waals surface area contributed by atoms with Gasteiger partial charge < -0.3 is 9.88 Å². The monoisotopic (exact) mass is 319 g/mol. The Balaban J connectivity index is 1.83. The highest BCUT2D eigenvalue weighted by molar-refractivity contribution is 8.03. The first-order chi connectivity index (χ1) is 11.4. The maximum atomic E-state index is 9.70. The first-order valence-electron chi connectivity index (χ1n) is 7.27. The Morgan fingerprint density at radius 1 is 1.22 bits per heavy atom. The molecule has 5 nitrogen and oxygen atoms in total. The number of aromatic nitrogens is 3. The van der Waals surface area contributed by atoms with E-state index in [4.69, 9.17) is 0 Å². The quantitative estimate of drug-likeness (QED) is 0.733. The van der Waals surface area contributed by atoms with E-state index in [0.29, 0.717) is 17.0 Å². The van der Waals surface area contributed by atoms with Gasteiger partial charge in [-0.1, -0.05) is 18.2 Å². The van der Waals surface area contributed by atoms with Crippen molar-refractivity contribution in [2.24, 2.45) is 0 Å². The zero-order chi connectivity index (χ0) is 15.6. The molecule has 0 amide bonds. The summed E-state index contributed by atoms with van der Waals surface area (Å²) >= 11 is 1.69. The summed E-state index contributed by atoms with van der Waals surface area (Å²) in [6.07, 6.45) is 1.70. The Labute approximate surface area is 137 Å². The van der Waals surface area contributed by atoms with E-state index in [0.717, 1.165) is 28.5 Å². The summed E-state index contributed by atoms with van der Waals surface area (Å²) in [6, 6.07) is 16.2. The summed E-state index contributed by atoms with van der Waals surface area (Å²) < 4.78 is 0. The van der Waals surface area contributed by atoms with E-state index in [1.807, 2.05) is 30.3 Å². The minimum Gasteiger partial charge on any atom is -0.336 e. The van der Waals surface area contributed by atoms with Crippen LogP contribution in [0.2, 0.25) is 0 Å². The van der Waals surface area contributed by atoms with Crippen molar-refractivity contribution in [3.63, 3.8) is 0 Å². The average Bonchev–Trinajstić information content (AvgIpc) is 3.23. The number of thioether (sulfide) groups is 1. The molecule has 3 aromatic rings. The van der Waals surface area contributed by atoms with E-state index in [-0.39, 0.29) is 0 Å². The average molecular weight is 319 g/mol. The topological polar surface area (TPSA) is 68.6 Å². The smallest absolute Gasteiger partial charge is 0.178 e. The van der Waals surface area contributed by atoms with E-state index in [1.54, 1.807) is 18.0 Å². The second-order valence-corrected chi connectivity index (χ2v) is 6.17. The van der Waals surface area contributed by atoms with Gasteiger partial charge in [0, 0.05) is 24.2 Å². The molecule has 1 aliphatic heterocycles. The van der Waals surface area contributed by atoms with Crippen molar-refractivity contribution in [3.05, 3.63) is 59.5 Å². The van der Waals surface area contributed by atoms with Crippen molar-refractivity contribution in [3.8, 4) is 6.07 Å². The molecule has 0 bridgehead atoms. The fraction of sp³-hybridized carbons (Fsp3) is 0.118. The summed E-state index contributed by atoms with van der Waals surface area (Å²) in [7, 11) is 0. The highest BCUT2D eigenvalue weighted by Gasteiger charge is 2.25. The minimum absolute atomic E-state index is 0.564. The van der Waals surface area contributed by atoms with Gasteiger partial charge in [-0.3, -0.25) is 0 Å². The van der Waals surface area contributed by atoms with Crippen LogP contribution < -0.4 is 4.90 Å². The SMILES string of the molecule is N#C/C(=C1/SCCN1c1ccccc1)c1nc2ncccc2[nH]1. The van der Waals surface area contributed by atoms with Gasteiger partial charge in [0.1, 0.15) is 11.6 Å². The molecule has 0 unspecified atom stereocenters. The van der Waals surface area contributed by atoms with Gasteiger partial charge >= 0.3 is 0 Å². The first kappa shape index (κ1) is 13.9. The molecule has 0 atom stereocenters. The fourth-order valence-corrected chi connectivity index (χ4v) is 3.75. The lowest BCUT2D eigenvalue weighted by Crippen LogP contribution is -2.17. The van der Waals surface area contributed by atoms with Gasteiger partial charge in [0.2, 0.25) is 0 Å². The van der Waals surface area contributed by atoms with Crippen molar-refractivity contribution in [2.75, 3.05) is 17.2 Å². The number of fused-ring (bicyclic) bond motifs is 1. The molecule has 6 heteroatoms. The van der Waals surface area contributed by atoms with Gasteiger partial charge in [-0.15, -0.1) is 11.8 Å². The van der Waals surface area contributed by atoms with Crippen molar-refractivity contribution in [1.82, 2.24) is 15.0 Å². The van der Waals surface area contributed by atoms with Crippen LogP contribution in [-0.4, -0.2) is 27.2 Å². The molecule has 0 radical (unpaired) electrons. The molecule has 23 heavy (non-hydrogen) atoms. The Kier molecular flexibility index (Phi) is 3.48. The van der Waals surface area contributed by atoms with E-state index >= 15 is 0 Å². The molecular weight excluding hydrogens is 306 g/mol. The van der Waals surface area contributed by atoms with Crippen LogP contribution in [0.4, 0.5) is 5.69 Å². The standard InChI is InChI=1S/C17H13N5S/c18-11-13(15-20-14-7-4-8-19-16(14)21-15)17-22(9-10-23-17)12-5-2-1-3-6-12/h1-8H,9-10H2,(H,19,20,21)/b17-13-.